The maximum Gasteiger partial charge on any atom is 0.214 e. The van der Waals surface area contributed by atoms with Gasteiger partial charge in [-0.3, -0.25) is 4.79 Å². The average Bonchev–Trinajstić information content (AvgIpc) is 2.84. The Morgan fingerprint density at radius 3 is 2.82 bits per heavy atom. The number of rotatable bonds is 5. The van der Waals surface area contributed by atoms with E-state index in [2.05, 4.69) is 5.32 Å². The highest BCUT2D eigenvalue weighted by Gasteiger charge is 2.33. The molecule has 1 heterocycles. The molecule has 2 atom stereocenters. The second-order valence-electron chi connectivity index (χ2n) is 4.93. The van der Waals surface area contributed by atoms with Crippen molar-refractivity contribution < 1.29 is 13.2 Å². The lowest BCUT2D eigenvalue weighted by Gasteiger charge is -2.19. The molecule has 2 fully saturated rings. The fraction of sp³-hybridized carbons (Fsp3) is 0.909. The number of sulfonamides is 1. The Kier molecular flexibility index (Phi) is 4.17. The zero-order valence-electron chi connectivity index (χ0n) is 9.89. The van der Waals surface area contributed by atoms with Crippen LogP contribution in [-0.2, 0) is 14.8 Å². The van der Waals surface area contributed by atoms with E-state index in [0.29, 0.717) is 30.8 Å². The number of carbonyl (C=O) groups excluding carboxylic acids is 1. The molecule has 97 valence electrons. The molecule has 0 aromatic carbocycles. The Bertz CT molecular complexity index is 369. The summed E-state index contributed by atoms with van der Waals surface area (Å²) in [6.07, 6.45) is 5.63. The van der Waals surface area contributed by atoms with Crippen molar-refractivity contribution in [1.29, 1.82) is 0 Å². The van der Waals surface area contributed by atoms with Crippen molar-refractivity contribution in [2.24, 2.45) is 5.92 Å². The van der Waals surface area contributed by atoms with Crippen LogP contribution >= 0.6 is 0 Å². The molecule has 0 unspecified atom stereocenters. The normalized spacial score (nSPS) is 32.9. The molecule has 0 bridgehead atoms. The van der Waals surface area contributed by atoms with E-state index in [9.17, 15) is 13.2 Å². The molecule has 1 aliphatic heterocycles. The van der Waals surface area contributed by atoms with Crippen molar-refractivity contribution in [2.45, 2.75) is 31.7 Å². The van der Waals surface area contributed by atoms with Crippen LogP contribution in [0.15, 0.2) is 0 Å². The van der Waals surface area contributed by atoms with E-state index >= 15 is 0 Å². The van der Waals surface area contributed by atoms with E-state index in [4.69, 9.17) is 0 Å². The fourth-order valence-corrected chi connectivity index (χ4v) is 4.39. The molecule has 17 heavy (non-hydrogen) atoms. The van der Waals surface area contributed by atoms with E-state index in [0.717, 1.165) is 25.7 Å². The van der Waals surface area contributed by atoms with Crippen LogP contribution in [0.1, 0.15) is 25.7 Å². The number of hydrogen-bond donors (Lipinski definition) is 1. The summed E-state index contributed by atoms with van der Waals surface area (Å²) in [6, 6.07) is 0.353. The van der Waals surface area contributed by atoms with Crippen LogP contribution < -0.4 is 5.32 Å². The summed E-state index contributed by atoms with van der Waals surface area (Å²) in [6.45, 7) is 1.61. The predicted octanol–water partition coefficient (Wildman–Crippen LogP) is -0.110. The third-order valence-corrected chi connectivity index (χ3v) is 5.59. The molecule has 1 saturated heterocycles. The minimum Gasteiger partial charge on any atom is -0.307 e. The highest BCUT2D eigenvalue weighted by molar-refractivity contribution is 7.89. The third kappa shape index (κ3) is 3.26. The molecular formula is C11H19N2O3S. The van der Waals surface area contributed by atoms with Gasteiger partial charge in [0, 0.05) is 19.1 Å². The first-order valence-electron chi connectivity index (χ1n) is 6.18. The van der Waals surface area contributed by atoms with Gasteiger partial charge < -0.3 is 5.32 Å². The number of hydrogen-bond acceptors (Lipinski definition) is 4. The van der Waals surface area contributed by atoms with Crippen molar-refractivity contribution in [3.63, 3.8) is 0 Å². The first-order chi connectivity index (χ1) is 8.12. The summed E-state index contributed by atoms with van der Waals surface area (Å²) in [7, 11) is -2.96. The topological polar surface area (TPSA) is 66.5 Å². The van der Waals surface area contributed by atoms with E-state index in [-0.39, 0.29) is 6.54 Å². The highest BCUT2D eigenvalue weighted by Crippen LogP contribution is 2.28. The molecule has 1 N–H and O–H groups in total. The summed E-state index contributed by atoms with van der Waals surface area (Å²) >= 11 is 0. The molecule has 1 saturated carbocycles. The highest BCUT2D eigenvalue weighted by atomic mass is 32.2. The summed E-state index contributed by atoms with van der Waals surface area (Å²) in [5.74, 6) is 0.744. The molecule has 0 aromatic heterocycles. The molecule has 6 heteroatoms. The van der Waals surface area contributed by atoms with Crippen molar-refractivity contribution in [1.82, 2.24) is 9.62 Å². The average molecular weight is 259 g/mol. The van der Waals surface area contributed by atoms with E-state index < -0.39 is 10.0 Å². The third-order valence-electron chi connectivity index (χ3n) is 3.67. The van der Waals surface area contributed by atoms with Crippen LogP contribution in [0.2, 0.25) is 0 Å². The van der Waals surface area contributed by atoms with Gasteiger partial charge in [0.2, 0.25) is 16.3 Å². The molecule has 1 radical (unpaired) electrons. The number of nitrogens with one attached hydrogen (secondary N) is 1. The van der Waals surface area contributed by atoms with Gasteiger partial charge >= 0.3 is 0 Å². The first kappa shape index (κ1) is 13.0. The smallest absolute Gasteiger partial charge is 0.214 e. The lowest BCUT2D eigenvalue weighted by molar-refractivity contribution is 0.359. The Balaban J connectivity index is 1.79. The molecule has 5 nitrogen and oxygen atoms in total. The lowest BCUT2D eigenvalue weighted by Crippen LogP contribution is -2.32. The standard InChI is InChI=1S/C11H19N2O3S/c14-6-4-12-11-3-2-10(8-11)9-13-5-1-7-17(13,15)16/h10-12H,1-5,7-9H2/t10-,11+/m0/s1. The second-order valence-corrected chi connectivity index (χ2v) is 7.02. The van der Waals surface area contributed by atoms with Gasteiger partial charge in [-0.25, -0.2) is 12.7 Å². The first-order valence-corrected chi connectivity index (χ1v) is 7.79. The minimum absolute atomic E-state index is 0.277. The van der Waals surface area contributed by atoms with Gasteiger partial charge in [0.1, 0.15) is 0 Å². The monoisotopic (exact) mass is 259 g/mol. The largest absolute Gasteiger partial charge is 0.307 e. The Labute approximate surface area is 103 Å². The predicted molar refractivity (Wildman–Crippen MR) is 64.8 cm³/mol. The molecule has 0 spiro atoms. The Morgan fingerprint density at radius 2 is 2.18 bits per heavy atom. The van der Waals surface area contributed by atoms with Crippen LogP contribution in [0.3, 0.4) is 0 Å². The molecule has 1 aliphatic carbocycles. The SMILES string of the molecule is O=[C]CN[C@@H]1CC[C@H](CN2CCCS2(=O)=O)C1. The van der Waals surface area contributed by atoms with Crippen LogP contribution in [0.25, 0.3) is 0 Å². The van der Waals surface area contributed by atoms with Crippen molar-refractivity contribution in [2.75, 3.05) is 25.4 Å². The molecular weight excluding hydrogens is 240 g/mol. The second kappa shape index (κ2) is 5.46. The van der Waals surface area contributed by atoms with Crippen molar-refractivity contribution in [3.05, 3.63) is 0 Å². The van der Waals surface area contributed by atoms with Crippen LogP contribution in [-0.4, -0.2) is 50.4 Å². The van der Waals surface area contributed by atoms with Crippen molar-refractivity contribution >= 4 is 16.3 Å². The van der Waals surface area contributed by atoms with Gasteiger partial charge in [0.25, 0.3) is 0 Å². The Hall–Kier alpha value is -0.460. The van der Waals surface area contributed by atoms with Gasteiger partial charge in [-0.05, 0) is 31.6 Å². The quantitative estimate of drug-likeness (QED) is 0.748. The zero-order chi connectivity index (χ0) is 12.3. The maximum atomic E-state index is 11.7. The van der Waals surface area contributed by atoms with Crippen LogP contribution in [0.4, 0.5) is 0 Å². The number of nitrogens with zero attached hydrogens (tertiary/aromatic N) is 1. The van der Waals surface area contributed by atoms with Gasteiger partial charge in [0.15, 0.2) is 0 Å². The summed E-state index contributed by atoms with van der Waals surface area (Å²) in [5, 5.41) is 3.12. The van der Waals surface area contributed by atoms with Gasteiger partial charge in [-0.1, -0.05) is 0 Å². The van der Waals surface area contributed by atoms with E-state index in [1.54, 1.807) is 4.31 Å². The zero-order valence-corrected chi connectivity index (χ0v) is 10.7. The molecule has 2 rings (SSSR count). The van der Waals surface area contributed by atoms with Crippen LogP contribution in [0.5, 0.6) is 0 Å². The molecule has 0 amide bonds. The minimum atomic E-state index is -2.96. The van der Waals surface area contributed by atoms with Crippen LogP contribution in [0, 0.1) is 5.92 Å². The van der Waals surface area contributed by atoms with Gasteiger partial charge in [0.05, 0.1) is 12.3 Å². The molecule has 0 aromatic rings. The van der Waals surface area contributed by atoms with Gasteiger partial charge in [-0.2, -0.15) is 0 Å². The van der Waals surface area contributed by atoms with Crippen molar-refractivity contribution in [3.8, 4) is 0 Å². The Morgan fingerprint density at radius 1 is 1.35 bits per heavy atom. The summed E-state index contributed by atoms with van der Waals surface area (Å²) in [5.41, 5.74) is 0. The summed E-state index contributed by atoms with van der Waals surface area (Å²) in [4.78, 5) is 10.1. The van der Waals surface area contributed by atoms with E-state index in [1.807, 2.05) is 6.29 Å². The fourth-order valence-electron chi connectivity index (χ4n) is 2.80. The lowest BCUT2D eigenvalue weighted by atomic mass is 10.1. The molecule has 2 aliphatic rings. The van der Waals surface area contributed by atoms with E-state index in [1.165, 1.54) is 0 Å². The summed E-state index contributed by atoms with van der Waals surface area (Å²) < 4.78 is 25.0. The van der Waals surface area contributed by atoms with Gasteiger partial charge in [-0.15, -0.1) is 0 Å². The maximum absolute atomic E-state index is 11.7.